The quantitative estimate of drug-likeness (QED) is 0.898. The van der Waals surface area contributed by atoms with E-state index < -0.39 is 0 Å². The number of nitrogens with zero attached hydrogens (tertiary/aromatic N) is 1. The van der Waals surface area contributed by atoms with Crippen molar-refractivity contribution in [3.8, 4) is 0 Å². The predicted molar refractivity (Wildman–Crippen MR) is 85.7 cm³/mol. The van der Waals surface area contributed by atoms with E-state index in [4.69, 9.17) is 11.6 Å². The minimum absolute atomic E-state index is 0.0437. The van der Waals surface area contributed by atoms with Gasteiger partial charge in [0.15, 0.2) is 0 Å². The lowest BCUT2D eigenvalue weighted by Crippen LogP contribution is -2.46. The molecule has 0 spiro atoms. The third-order valence-corrected chi connectivity index (χ3v) is 4.67. The molecule has 2 aliphatic heterocycles. The van der Waals surface area contributed by atoms with E-state index in [-0.39, 0.29) is 5.91 Å². The van der Waals surface area contributed by atoms with Gasteiger partial charge in [0.05, 0.1) is 6.54 Å². The molecule has 2 saturated heterocycles. The first-order chi connectivity index (χ1) is 10.2. The molecule has 2 unspecified atom stereocenters. The van der Waals surface area contributed by atoms with Crippen LogP contribution in [-0.2, 0) is 4.79 Å². The number of carbonyl (C=O) groups is 1. The zero-order chi connectivity index (χ0) is 14.7. The van der Waals surface area contributed by atoms with E-state index in [0.29, 0.717) is 23.7 Å². The van der Waals surface area contributed by atoms with Crippen LogP contribution in [-0.4, -0.2) is 42.5 Å². The van der Waals surface area contributed by atoms with Gasteiger partial charge in [-0.05, 0) is 57.0 Å². The number of hydrogen-bond donors (Lipinski definition) is 2. The maximum atomic E-state index is 12.2. The second kappa shape index (κ2) is 6.77. The van der Waals surface area contributed by atoms with Crippen molar-refractivity contribution in [2.75, 3.05) is 25.0 Å². The van der Waals surface area contributed by atoms with Crippen LogP contribution in [0.25, 0.3) is 0 Å². The van der Waals surface area contributed by atoms with Crippen LogP contribution in [0.3, 0.4) is 0 Å². The van der Waals surface area contributed by atoms with Gasteiger partial charge in [0, 0.05) is 22.8 Å². The minimum Gasteiger partial charge on any atom is -0.325 e. The van der Waals surface area contributed by atoms with Crippen LogP contribution in [0.15, 0.2) is 24.3 Å². The van der Waals surface area contributed by atoms with Gasteiger partial charge < -0.3 is 10.6 Å². The summed E-state index contributed by atoms with van der Waals surface area (Å²) in [4.78, 5) is 14.5. The number of anilines is 1. The molecule has 1 amide bonds. The average molecular weight is 308 g/mol. The Bertz CT molecular complexity index is 502. The first kappa shape index (κ1) is 14.8. The fourth-order valence-electron chi connectivity index (χ4n) is 3.50. The van der Waals surface area contributed by atoms with Crippen molar-refractivity contribution in [2.24, 2.45) is 0 Å². The van der Waals surface area contributed by atoms with Gasteiger partial charge in [0.2, 0.25) is 5.91 Å². The van der Waals surface area contributed by atoms with E-state index in [1.807, 2.05) is 12.1 Å². The molecule has 2 fully saturated rings. The molecule has 1 aromatic carbocycles. The SMILES string of the molecule is O=C(CN1CCCC1C1CCCN1)Nc1cccc(Cl)c1. The Hall–Kier alpha value is -1.10. The Kier molecular flexibility index (Phi) is 4.78. The molecule has 0 radical (unpaired) electrons. The molecule has 1 aromatic rings. The summed E-state index contributed by atoms with van der Waals surface area (Å²) in [5.74, 6) is 0.0437. The van der Waals surface area contributed by atoms with Crippen LogP contribution in [0.5, 0.6) is 0 Å². The van der Waals surface area contributed by atoms with Crippen molar-refractivity contribution in [2.45, 2.75) is 37.8 Å². The van der Waals surface area contributed by atoms with Crippen LogP contribution in [0.1, 0.15) is 25.7 Å². The Balaban J connectivity index is 1.56. The normalized spacial score (nSPS) is 26.1. The second-order valence-corrected chi connectivity index (χ2v) is 6.38. The number of nitrogens with one attached hydrogen (secondary N) is 2. The molecule has 3 rings (SSSR count). The molecular weight excluding hydrogens is 286 g/mol. The maximum Gasteiger partial charge on any atom is 0.238 e. The molecule has 0 bridgehead atoms. The summed E-state index contributed by atoms with van der Waals surface area (Å²) in [5.41, 5.74) is 0.766. The second-order valence-electron chi connectivity index (χ2n) is 5.94. The third-order valence-electron chi connectivity index (χ3n) is 4.43. The Labute approximate surface area is 130 Å². The van der Waals surface area contributed by atoms with Crippen LogP contribution < -0.4 is 10.6 Å². The number of likely N-dealkylation sites (tertiary alicyclic amines) is 1. The van der Waals surface area contributed by atoms with E-state index in [1.54, 1.807) is 12.1 Å². The molecule has 114 valence electrons. The molecule has 5 heteroatoms. The number of rotatable bonds is 4. The highest BCUT2D eigenvalue weighted by Crippen LogP contribution is 2.24. The first-order valence-electron chi connectivity index (χ1n) is 7.75. The van der Waals surface area contributed by atoms with E-state index in [9.17, 15) is 4.79 Å². The minimum atomic E-state index is 0.0437. The zero-order valence-electron chi connectivity index (χ0n) is 12.1. The van der Waals surface area contributed by atoms with Crippen LogP contribution in [0.2, 0.25) is 5.02 Å². The average Bonchev–Trinajstić information content (AvgIpc) is 3.08. The van der Waals surface area contributed by atoms with Crippen LogP contribution in [0, 0.1) is 0 Å². The van der Waals surface area contributed by atoms with E-state index in [0.717, 1.165) is 18.8 Å². The van der Waals surface area contributed by atoms with Gasteiger partial charge in [-0.3, -0.25) is 9.69 Å². The fourth-order valence-corrected chi connectivity index (χ4v) is 3.69. The van der Waals surface area contributed by atoms with Crippen molar-refractivity contribution >= 4 is 23.2 Å². The van der Waals surface area contributed by atoms with Crippen molar-refractivity contribution < 1.29 is 4.79 Å². The summed E-state index contributed by atoms with van der Waals surface area (Å²) in [6.07, 6.45) is 4.87. The first-order valence-corrected chi connectivity index (χ1v) is 8.13. The number of benzene rings is 1. The molecule has 2 aliphatic rings. The summed E-state index contributed by atoms with van der Waals surface area (Å²) < 4.78 is 0. The zero-order valence-corrected chi connectivity index (χ0v) is 12.9. The van der Waals surface area contributed by atoms with Gasteiger partial charge in [-0.15, -0.1) is 0 Å². The van der Waals surface area contributed by atoms with Gasteiger partial charge >= 0.3 is 0 Å². The molecule has 2 heterocycles. The summed E-state index contributed by atoms with van der Waals surface area (Å²) in [6, 6.07) is 8.37. The van der Waals surface area contributed by atoms with Gasteiger partial charge in [-0.25, -0.2) is 0 Å². The predicted octanol–water partition coefficient (Wildman–Crippen LogP) is 2.49. The van der Waals surface area contributed by atoms with Crippen molar-refractivity contribution in [3.05, 3.63) is 29.3 Å². The van der Waals surface area contributed by atoms with Gasteiger partial charge in [0.25, 0.3) is 0 Å². The Morgan fingerprint density at radius 3 is 3.05 bits per heavy atom. The van der Waals surface area contributed by atoms with Crippen molar-refractivity contribution in [1.82, 2.24) is 10.2 Å². The highest BCUT2D eigenvalue weighted by molar-refractivity contribution is 6.30. The lowest BCUT2D eigenvalue weighted by atomic mass is 10.0. The summed E-state index contributed by atoms with van der Waals surface area (Å²) in [6.45, 7) is 2.60. The lowest BCUT2D eigenvalue weighted by Gasteiger charge is -2.28. The number of hydrogen-bond acceptors (Lipinski definition) is 3. The largest absolute Gasteiger partial charge is 0.325 e. The van der Waals surface area contributed by atoms with Gasteiger partial charge in [0.1, 0.15) is 0 Å². The molecule has 0 aromatic heterocycles. The van der Waals surface area contributed by atoms with Crippen LogP contribution in [0.4, 0.5) is 5.69 Å². The molecule has 2 N–H and O–H groups in total. The van der Waals surface area contributed by atoms with Gasteiger partial charge in [-0.1, -0.05) is 17.7 Å². The smallest absolute Gasteiger partial charge is 0.238 e. The summed E-state index contributed by atoms with van der Waals surface area (Å²) in [7, 11) is 0. The summed E-state index contributed by atoms with van der Waals surface area (Å²) in [5, 5.41) is 7.14. The fraction of sp³-hybridized carbons (Fsp3) is 0.562. The highest BCUT2D eigenvalue weighted by Gasteiger charge is 2.33. The molecular formula is C16H22ClN3O. The molecule has 0 aliphatic carbocycles. The van der Waals surface area contributed by atoms with Gasteiger partial charge in [-0.2, -0.15) is 0 Å². The topological polar surface area (TPSA) is 44.4 Å². The molecule has 21 heavy (non-hydrogen) atoms. The van der Waals surface area contributed by atoms with Crippen molar-refractivity contribution in [1.29, 1.82) is 0 Å². The van der Waals surface area contributed by atoms with E-state index in [2.05, 4.69) is 15.5 Å². The number of halogens is 1. The number of carbonyl (C=O) groups excluding carboxylic acids is 1. The van der Waals surface area contributed by atoms with Crippen LogP contribution >= 0.6 is 11.6 Å². The number of amides is 1. The Morgan fingerprint density at radius 2 is 2.29 bits per heavy atom. The maximum absolute atomic E-state index is 12.2. The lowest BCUT2D eigenvalue weighted by molar-refractivity contribution is -0.117. The highest BCUT2D eigenvalue weighted by atomic mass is 35.5. The van der Waals surface area contributed by atoms with Crippen molar-refractivity contribution in [3.63, 3.8) is 0 Å². The third kappa shape index (κ3) is 3.76. The molecule has 4 nitrogen and oxygen atoms in total. The van der Waals surface area contributed by atoms with E-state index in [1.165, 1.54) is 25.7 Å². The standard InChI is InChI=1S/C16H22ClN3O/c17-12-4-1-5-13(10-12)19-16(21)11-20-9-3-7-15(20)14-6-2-8-18-14/h1,4-5,10,14-15,18H,2-3,6-9,11H2,(H,19,21). The monoisotopic (exact) mass is 307 g/mol. The Morgan fingerprint density at radius 1 is 1.38 bits per heavy atom. The summed E-state index contributed by atoms with van der Waals surface area (Å²) >= 11 is 5.94. The molecule has 0 saturated carbocycles. The van der Waals surface area contributed by atoms with E-state index >= 15 is 0 Å². The molecule has 2 atom stereocenters.